The van der Waals surface area contributed by atoms with Gasteiger partial charge in [0.1, 0.15) is 10.6 Å². The number of carbonyl (C=O) groups is 1. The summed E-state index contributed by atoms with van der Waals surface area (Å²) in [6.07, 6.45) is 0.977. The van der Waals surface area contributed by atoms with Crippen molar-refractivity contribution < 1.29 is 9.53 Å². The molecule has 1 amide bonds. The minimum Gasteiger partial charge on any atom is -0.495 e. The molecule has 5 heteroatoms. The Morgan fingerprint density at radius 3 is 2.86 bits per heavy atom. The Morgan fingerprint density at radius 2 is 2.19 bits per heavy atom. The summed E-state index contributed by atoms with van der Waals surface area (Å²) in [6.45, 7) is 1.80. The predicted octanol–water partition coefficient (Wildman–Crippen LogP) is 2.52. The maximum absolute atomic E-state index is 12.4. The molecular formula is C16H18N2O2S. The molecule has 0 spiro atoms. The molecule has 2 N–H and O–H groups in total. The average molecular weight is 302 g/mol. The molecule has 4 nitrogen and oxygen atoms in total. The topological polar surface area (TPSA) is 50.4 Å². The van der Waals surface area contributed by atoms with E-state index in [0.717, 1.165) is 30.0 Å². The number of nitrogens with one attached hydrogen (secondary N) is 2. The van der Waals surface area contributed by atoms with E-state index >= 15 is 0 Å². The molecule has 1 atom stereocenters. The van der Waals surface area contributed by atoms with Gasteiger partial charge in [-0.1, -0.05) is 30.3 Å². The molecule has 1 fully saturated rings. The fourth-order valence-corrected chi connectivity index (χ4v) is 3.49. The van der Waals surface area contributed by atoms with E-state index in [1.807, 2.05) is 36.4 Å². The maximum atomic E-state index is 12.4. The highest BCUT2D eigenvalue weighted by Gasteiger charge is 2.22. The first-order valence-electron chi connectivity index (χ1n) is 7.03. The Balaban J connectivity index is 1.84. The van der Waals surface area contributed by atoms with E-state index in [9.17, 15) is 4.79 Å². The van der Waals surface area contributed by atoms with Crippen LogP contribution in [0, 0.1) is 0 Å². The Bertz CT molecular complexity index is 618. The molecule has 21 heavy (non-hydrogen) atoms. The number of hydrogen-bond donors (Lipinski definition) is 2. The van der Waals surface area contributed by atoms with E-state index in [-0.39, 0.29) is 11.9 Å². The largest absolute Gasteiger partial charge is 0.495 e. The van der Waals surface area contributed by atoms with Crippen LogP contribution in [0.5, 0.6) is 5.75 Å². The smallest absolute Gasteiger partial charge is 0.265 e. The number of amides is 1. The Labute approximate surface area is 128 Å². The van der Waals surface area contributed by atoms with Crippen LogP contribution in [0.3, 0.4) is 0 Å². The van der Waals surface area contributed by atoms with Gasteiger partial charge < -0.3 is 15.4 Å². The lowest BCUT2D eigenvalue weighted by atomic mass is 10.2. The lowest BCUT2D eigenvalue weighted by Crippen LogP contribution is -2.35. The number of thiophene rings is 1. The molecule has 1 aromatic heterocycles. The van der Waals surface area contributed by atoms with Gasteiger partial charge in [0.2, 0.25) is 0 Å². The Kier molecular flexibility index (Phi) is 4.22. The summed E-state index contributed by atoms with van der Waals surface area (Å²) in [5.74, 6) is 0.593. The van der Waals surface area contributed by atoms with Gasteiger partial charge in [-0.25, -0.2) is 0 Å². The lowest BCUT2D eigenvalue weighted by molar-refractivity contribution is 0.0941. The van der Waals surface area contributed by atoms with Crippen LogP contribution in [0.2, 0.25) is 0 Å². The Morgan fingerprint density at radius 1 is 1.38 bits per heavy atom. The normalized spacial score (nSPS) is 17.7. The molecule has 2 aromatic rings. The summed E-state index contributed by atoms with van der Waals surface area (Å²) in [7, 11) is 1.60. The number of rotatable bonds is 4. The van der Waals surface area contributed by atoms with Crippen molar-refractivity contribution in [2.45, 2.75) is 12.5 Å². The van der Waals surface area contributed by atoms with E-state index in [1.54, 1.807) is 7.11 Å². The molecule has 0 saturated carbocycles. The zero-order chi connectivity index (χ0) is 14.7. The molecule has 0 aliphatic carbocycles. The van der Waals surface area contributed by atoms with Crippen molar-refractivity contribution >= 4 is 17.2 Å². The minimum atomic E-state index is -0.0484. The second-order valence-electron chi connectivity index (χ2n) is 5.04. The summed E-state index contributed by atoms with van der Waals surface area (Å²) in [5.41, 5.74) is 1.10. The van der Waals surface area contributed by atoms with Crippen LogP contribution >= 0.6 is 11.3 Å². The zero-order valence-electron chi connectivity index (χ0n) is 11.9. The third kappa shape index (κ3) is 3.09. The van der Waals surface area contributed by atoms with Crippen molar-refractivity contribution in [1.29, 1.82) is 0 Å². The van der Waals surface area contributed by atoms with Crippen molar-refractivity contribution in [1.82, 2.24) is 10.6 Å². The number of carbonyl (C=O) groups excluding carboxylic acids is 1. The summed E-state index contributed by atoms with van der Waals surface area (Å²) < 4.78 is 5.37. The molecule has 0 bridgehead atoms. The fraction of sp³-hybridized carbons (Fsp3) is 0.312. The van der Waals surface area contributed by atoms with Gasteiger partial charge in [-0.05, 0) is 24.6 Å². The van der Waals surface area contributed by atoms with Gasteiger partial charge in [-0.3, -0.25) is 4.79 Å². The molecule has 1 aliphatic rings. The van der Waals surface area contributed by atoms with Crippen molar-refractivity contribution in [3.8, 4) is 16.2 Å². The summed E-state index contributed by atoms with van der Waals surface area (Å²) in [6, 6.07) is 12.2. The molecular weight excluding hydrogens is 284 g/mol. The molecule has 1 aromatic carbocycles. The number of methoxy groups -OCH3 is 1. The molecule has 1 unspecified atom stereocenters. The number of ether oxygens (including phenoxy) is 1. The third-order valence-electron chi connectivity index (χ3n) is 3.58. The van der Waals surface area contributed by atoms with Crippen molar-refractivity contribution in [2.24, 2.45) is 0 Å². The summed E-state index contributed by atoms with van der Waals surface area (Å²) >= 11 is 1.47. The SMILES string of the molecule is COc1cc(-c2ccccc2)sc1C(=O)NC1CCNC1. The van der Waals surface area contributed by atoms with E-state index in [4.69, 9.17) is 4.74 Å². The standard InChI is InChI=1S/C16H18N2O2S/c1-20-13-9-14(11-5-3-2-4-6-11)21-15(13)16(19)18-12-7-8-17-10-12/h2-6,9,12,17H,7-8,10H2,1H3,(H,18,19). The van der Waals surface area contributed by atoms with Crippen LogP contribution in [0.25, 0.3) is 10.4 Å². The third-order valence-corrected chi connectivity index (χ3v) is 4.74. The minimum absolute atomic E-state index is 0.0484. The number of hydrogen-bond acceptors (Lipinski definition) is 4. The first-order valence-corrected chi connectivity index (χ1v) is 7.84. The van der Waals surface area contributed by atoms with Crippen molar-refractivity contribution in [3.05, 3.63) is 41.3 Å². The quantitative estimate of drug-likeness (QED) is 0.912. The average Bonchev–Trinajstić information content (AvgIpc) is 3.17. The highest BCUT2D eigenvalue weighted by atomic mass is 32.1. The second kappa shape index (κ2) is 6.28. The highest BCUT2D eigenvalue weighted by molar-refractivity contribution is 7.17. The van der Waals surface area contributed by atoms with Gasteiger partial charge in [-0.15, -0.1) is 11.3 Å². The molecule has 2 heterocycles. The maximum Gasteiger partial charge on any atom is 0.265 e. The molecule has 3 rings (SSSR count). The van der Waals surface area contributed by atoms with Gasteiger partial charge >= 0.3 is 0 Å². The monoisotopic (exact) mass is 302 g/mol. The van der Waals surface area contributed by atoms with Gasteiger partial charge in [0.05, 0.1) is 7.11 Å². The van der Waals surface area contributed by atoms with Gasteiger partial charge in [0, 0.05) is 17.5 Å². The first kappa shape index (κ1) is 14.1. The molecule has 0 radical (unpaired) electrons. The van der Waals surface area contributed by atoms with Gasteiger partial charge in [-0.2, -0.15) is 0 Å². The van der Waals surface area contributed by atoms with Gasteiger partial charge in [0.25, 0.3) is 5.91 Å². The van der Waals surface area contributed by atoms with Crippen LogP contribution < -0.4 is 15.4 Å². The Hall–Kier alpha value is -1.85. The van der Waals surface area contributed by atoms with Crippen molar-refractivity contribution in [3.63, 3.8) is 0 Å². The van der Waals surface area contributed by atoms with Crippen LogP contribution in [-0.2, 0) is 0 Å². The highest BCUT2D eigenvalue weighted by Crippen LogP contribution is 2.36. The van der Waals surface area contributed by atoms with Crippen LogP contribution in [-0.4, -0.2) is 32.1 Å². The lowest BCUT2D eigenvalue weighted by Gasteiger charge is -2.10. The second-order valence-corrected chi connectivity index (χ2v) is 6.09. The van der Waals surface area contributed by atoms with E-state index in [2.05, 4.69) is 10.6 Å². The van der Waals surface area contributed by atoms with Crippen LogP contribution in [0.15, 0.2) is 36.4 Å². The van der Waals surface area contributed by atoms with E-state index < -0.39 is 0 Å². The zero-order valence-corrected chi connectivity index (χ0v) is 12.7. The predicted molar refractivity (Wildman–Crippen MR) is 85.0 cm³/mol. The fourth-order valence-electron chi connectivity index (χ4n) is 2.46. The number of benzene rings is 1. The van der Waals surface area contributed by atoms with Crippen LogP contribution in [0.4, 0.5) is 0 Å². The van der Waals surface area contributed by atoms with E-state index in [1.165, 1.54) is 11.3 Å². The summed E-state index contributed by atoms with van der Waals surface area (Å²) in [4.78, 5) is 14.1. The van der Waals surface area contributed by atoms with Crippen molar-refractivity contribution in [2.75, 3.05) is 20.2 Å². The molecule has 1 aliphatic heterocycles. The molecule has 110 valence electrons. The summed E-state index contributed by atoms with van der Waals surface area (Å²) in [5, 5.41) is 6.31. The van der Waals surface area contributed by atoms with E-state index in [0.29, 0.717) is 10.6 Å². The first-order chi connectivity index (χ1) is 10.3. The van der Waals surface area contributed by atoms with Crippen LogP contribution in [0.1, 0.15) is 16.1 Å². The van der Waals surface area contributed by atoms with Gasteiger partial charge in [0.15, 0.2) is 0 Å². The molecule has 1 saturated heterocycles.